The van der Waals surface area contributed by atoms with Crippen LogP contribution in [0.4, 0.5) is 0 Å². The summed E-state index contributed by atoms with van der Waals surface area (Å²) in [5.41, 5.74) is 23.3. The lowest BCUT2D eigenvalue weighted by molar-refractivity contribution is -0.143. The van der Waals surface area contributed by atoms with Gasteiger partial charge in [-0.3, -0.25) is 24.2 Å². The van der Waals surface area contributed by atoms with E-state index < -0.39 is 60.2 Å². The van der Waals surface area contributed by atoms with Gasteiger partial charge in [0, 0.05) is 30.1 Å². The van der Waals surface area contributed by atoms with Crippen LogP contribution in [0, 0.1) is 5.92 Å². The Balaban J connectivity index is 2.28. The highest BCUT2D eigenvalue weighted by atomic mass is 16.4. The molecule has 0 spiro atoms. The van der Waals surface area contributed by atoms with Crippen LogP contribution in [0.1, 0.15) is 45.1 Å². The minimum atomic E-state index is -1.60. The number of hydrogen-bond donors (Lipinski definition) is 9. The van der Waals surface area contributed by atoms with E-state index in [1.54, 1.807) is 13.1 Å². The molecule has 0 aliphatic rings. The van der Waals surface area contributed by atoms with Crippen LogP contribution in [-0.4, -0.2) is 76.4 Å². The van der Waals surface area contributed by atoms with Crippen molar-refractivity contribution in [2.45, 2.75) is 70.1 Å². The van der Waals surface area contributed by atoms with Crippen LogP contribution in [0.5, 0.6) is 0 Å². The molecular formula is C27H41N9O6. The summed E-state index contributed by atoms with van der Waals surface area (Å²) < 4.78 is 0. The number of aromatic nitrogens is 1. The lowest BCUT2D eigenvalue weighted by Crippen LogP contribution is -2.59. The average Bonchev–Trinajstić information content (AvgIpc) is 3.34. The molecule has 0 saturated heterocycles. The number of nitrogens with one attached hydrogen (secondary N) is 4. The second-order valence-electron chi connectivity index (χ2n) is 10.1. The molecule has 0 aliphatic heterocycles. The minimum absolute atomic E-state index is 0.0179. The van der Waals surface area contributed by atoms with Gasteiger partial charge in [0.15, 0.2) is 5.96 Å². The molecule has 4 amide bonds. The van der Waals surface area contributed by atoms with Crippen LogP contribution < -0.4 is 38.9 Å². The first-order valence-corrected chi connectivity index (χ1v) is 13.6. The van der Waals surface area contributed by atoms with E-state index in [0.29, 0.717) is 18.4 Å². The van der Waals surface area contributed by atoms with Gasteiger partial charge in [-0.2, -0.15) is 0 Å². The number of hydrogen-bond acceptors (Lipinski definition) is 7. The van der Waals surface area contributed by atoms with E-state index in [0.717, 1.165) is 10.9 Å². The summed E-state index contributed by atoms with van der Waals surface area (Å²) in [6, 6.07) is 2.48. The molecule has 0 radical (unpaired) electrons. The van der Waals surface area contributed by atoms with Crippen molar-refractivity contribution >= 4 is 46.5 Å². The Morgan fingerprint density at radius 2 is 1.64 bits per heavy atom. The molecule has 1 heterocycles. The van der Waals surface area contributed by atoms with Crippen molar-refractivity contribution in [3.63, 3.8) is 0 Å². The molecule has 15 nitrogen and oxygen atoms in total. The number of carbonyl (C=O) groups is 5. The Kier molecular flexibility index (Phi) is 12.7. The number of guanidine groups is 1. The van der Waals surface area contributed by atoms with Crippen LogP contribution in [0.2, 0.25) is 0 Å². The fourth-order valence-electron chi connectivity index (χ4n) is 4.28. The number of para-hydroxylation sites is 1. The zero-order valence-corrected chi connectivity index (χ0v) is 23.8. The number of nitrogens with zero attached hydrogens (tertiary/aromatic N) is 1. The van der Waals surface area contributed by atoms with Gasteiger partial charge in [-0.25, -0.2) is 4.79 Å². The largest absolute Gasteiger partial charge is 0.480 e. The maximum absolute atomic E-state index is 13.6. The number of H-pyrrole nitrogens is 1. The Morgan fingerprint density at radius 3 is 2.26 bits per heavy atom. The minimum Gasteiger partial charge on any atom is -0.480 e. The molecule has 5 unspecified atom stereocenters. The number of carboxylic acid groups (broad SMARTS) is 1. The number of benzene rings is 1. The van der Waals surface area contributed by atoms with Crippen LogP contribution in [0.3, 0.4) is 0 Å². The van der Waals surface area contributed by atoms with Crippen LogP contribution in [-0.2, 0) is 30.4 Å². The molecule has 230 valence electrons. The maximum Gasteiger partial charge on any atom is 0.326 e. The quantitative estimate of drug-likeness (QED) is 0.0594. The van der Waals surface area contributed by atoms with Gasteiger partial charge in [-0.15, -0.1) is 0 Å². The molecule has 1 aromatic heterocycles. The zero-order chi connectivity index (χ0) is 31.4. The van der Waals surface area contributed by atoms with Gasteiger partial charge in [-0.1, -0.05) is 38.5 Å². The molecule has 2 aromatic rings. The van der Waals surface area contributed by atoms with Crippen molar-refractivity contribution in [1.29, 1.82) is 0 Å². The van der Waals surface area contributed by atoms with Crippen molar-refractivity contribution < 1.29 is 29.1 Å². The number of aliphatic carboxylic acids is 1. The zero-order valence-electron chi connectivity index (χ0n) is 23.8. The van der Waals surface area contributed by atoms with Gasteiger partial charge in [0.05, 0.1) is 12.5 Å². The molecule has 0 fully saturated rings. The standard InChI is InChI=1S/C27H41N9O6/c1-3-14(2)22(36-23(38)17(28)8-6-10-32-27(30)31)25(40)34-19(24(39)35-20(26(41)42)12-21(29)37)11-15-13-33-18-9-5-4-7-16(15)18/h4-5,7,9,13-14,17,19-20,22,33H,3,6,8,10-12,28H2,1-2H3,(H2,29,37)(H,34,40)(H,35,39)(H,36,38)(H,41,42)(H4,30,31,32). The van der Waals surface area contributed by atoms with Crippen molar-refractivity contribution in [1.82, 2.24) is 20.9 Å². The monoisotopic (exact) mass is 587 g/mol. The third-order valence-corrected chi connectivity index (χ3v) is 6.85. The average molecular weight is 588 g/mol. The number of amides is 4. The van der Waals surface area contributed by atoms with E-state index in [4.69, 9.17) is 22.9 Å². The summed E-state index contributed by atoms with van der Waals surface area (Å²) in [5, 5.41) is 17.9. The number of fused-ring (bicyclic) bond motifs is 1. The van der Waals surface area contributed by atoms with E-state index in [-0.39, 0.29) is 31.3 Å². The fraction of sp³-hybridized carbons (Fsp3) is 0.481. The maximum atomic E-state index is 13.6. The first kappa shape index (κ1) is 33.5. The molecule has 13 N–H and O–H groups in total. The van der Waals surface area contributed by atoms with E-state index in [1.807, 2.05) is 31.2 Å². The Labute approximate surface area is 243 Å². The van der Waals surface area contributed by atoms with Gasteiger partial charge in [0.1, 0.15) is 18.1 Å². The second kappa shape index (κ2) is 16.0. The molecule has 5 atom stereocenters. The normalized spacial score (nSPS) is 14.5. The first-order valence-electron chi connectivity index (χ1n) is 13.6. The van der Waals surface area contributed by atoms with E-state index in [9.17, 15) is 29.1 Å². The second-order valence-corrected chi connectivity index (χ2v) is 10.1. The molecule has 0 saturated carbocycles. The van der Waals surface area contributed by atoms with Crippen molar-refractivity contribution in [3.8, 4) is 0 Å². The van der Waals surface area contributed by atoms with Crippen LogP contribution in [0.15, 0.2) is 35.5 Å². The molecule has 42 heavy (non-hydrogen) atoms. The summed E-state index contributed by atoms with van der Waals surface area (Å²) in [6.07, 6.45) is 2.24. The highest BCUT2D eigenvalue weighted by molar-refractivity contribution is 5.95. The highest BCUT2D eigenvalue weighted by Crippen LogP contribution is 2.20. The number of carboxylic acids is 1. The summed E-state index contributed by atoms with van der Waals surface area (Å²) in [4.78, 5) is 69.7. The van der Waals surface area contributed by atoms with Crippen molar-refractivity contribution in [3.05, 3.63) is 36.0 Å². The molecule has 15 heteroatoms. The smallest absolute Gasteiger partial charge is 0.326 e. The molecule has 2 rings (SSSR count). The number of aromatic amines is 1. The van der Waals surface area contributed by atoms with Gasteiger partial charge >= 0.3 is 5.97 Å². The lowest BCUT2D eigenvalue weighted by atomic mass is 9.96. The molecule has 0 aliphatic carbocycles. The number of nitrogens with two attached hydrogens (primary N) is 4. The molecule has 1 aromatic carbocycles. The number of carbonyl (C=O) groups excluding carboxylic acids is 4. The van der Waals surface area contributed by atoms with E-state index in [2.05, 4.69) is 25.9 Å². The third kappa shape index (κ3) is 10.1. The van der Waals surface area contributed by atoms with E-state index >= 15 is 0 Å². The predicted molar refractivity (Wildman–Crippen MR) is 157 cm³/mol. The lowest BCUT2D eigenvalue weighted by Gasteiger charge is -2.28. The van der Waals surface area contributed by atoms with Gasteiger partial charge in [0.25, 0.3) is 0 Å². The highest BCUT2D eigenvalue weighted by Gasteiger charge is 2.33. The predicted octanol–water partition coefficient (Wildman–Crippen LogP) is -1.45. The fourth-order valence-corrected chi connectivity index (χ4v) is 4.28. The third-order valence-electron chi connectivity index (χ3n) is 6.85. The van der Waals surface area contributed by atoms with Gasteiger partial charge in [0.2, 0.25) is 23.6 Å². The summed E-state index contributed by atoms with van der Waals surface area (Å²) in [7, 11) is 0. The van der Waals surface area contributed by atoms with Crippen molar-refractivity contribution in [2.24, 2.45) is 33.8 Å². The molecular weight excluding hydrogens is 546 g/mol. The Morgan fingerprint density at radius 1 is 0.976 bits per heavy atom. The Hall–Kier alpha value is -4.66. The van der Waals surface area contributed by atoms with Crippen LogP contribution in [0.25, 0.3) is 10.9 Å². The number of primary amides is 1. The van der Waals surface area contributed by atoms with Crippen LogP contribution >= 0.6 is 0 Å². The number of rotatable bonds is 17. The summed E-state index contributed by atoms with van der Waals surface area (Å²) in [5.74, 6) is -4.87. The van der Waals surface area contributed by atoms with Crippen molar-refractivity contribution in [2.75, 3.05) is 6.54 Å². The SMILES string of the molecule is CCC(C)C(NC(=O)C(N)CCCN=C(N)N)C(=O)NC(Cc1c[nH]c2ccccc12)C(=O)NC(CC(N)=O)C(=O)O. The van der Waals surface area contributed by atoms with Gasteiger partial charge < -0.3 is 49.0 Å². The number of aliphatic imine (C=N–C) groups is 1. The molecule has 0 bridgehead atoms. The van der Waals surface area contributed by atoms with E-state index in [1.165, 1.54) is 0 Å². The Bertz CT molecular complexity index is 1290. The van der Waals surface area contributed by atoms with Gasteiger partial charge in [-0.05, 0) is 30.4 Å². The topological polar surface area (TPSA) is 274 Å². The first-order chi connectivity index (χ1) is 19.8. The summed E-state index contributed by atoms with van der Waals surface area (Å²) >= 11 is 0. The summed E-state index contributed by atoms with van der Waals surface area (Å²) in [6.45, 7) is 3.89.